The fraction of sp³-hybridized carbons (Fsp3) is 0.744. The van der Waals surface area contributed by atoms with Crippen LogP contribution in [-0.4, -0.2) is 46.7 Å². The molecule has 0 saturated heterocycles. The Morgan fingerprint density at radius 2 is 1.60 bits per heavy atom. The predicted octanol–water partition coefficient (Wildman–Crippen LogP) is 8.85. The molecule has 0 spiro atoms. The number of carboxylic acids is 1. The number of esters is 1. The maximum Gasteiger partial charge on any atom is 0.309 e. The maximum absolute atomic E-state index is 14.0. The molecule has 1 aromatic rings. The van der Waals surface area contributed by atoms with Crippen molar-refractivity contribution in [2.75, 3.05) is 11.9 Å². The van der Waals surface area contributed by atoms with Gasteiger partial charge in [-0.05, 0) is 123 Å². The molecule has 0 heterocycles. The second-order valence-electron chi connectivity index (χ2n) is 19.3. The van der Waals surface area contributed by atoms with Crippen molar-refractivity contribution in [1.29, 1.82) is 0 Å². The number of allylic oxidation sites excluding steroid dienone is 1. The Labute approximate surface area is 300 Å². The minimum Gasteiger partial charge on any atom is -0.481 e. The van der Waals surface area contributed by atoms with Gasteiger partial charge in [0.25, 0.3) is 0 Å². The SMILES string of the molecule is CC(C)C1=C2[C@H]3CCC4[C@@]5(C)CC[C@H](OC(=O)CC(C)(C)C(=O)O)C(C)(C)C5CC[C@@]4(C)[C@]3(C)CC[C@@]2([C@H](O)CNc2ccccc2)CC1=O. The Morgan fingerprint density at radius 3 is 2.24 bits per heavy atom. The summed E-state index contributed by atoms with van der Waals surface area (Å²) < 4.78 is 6.16. The highest BCUT2D eigenvalue weighted by Crippen LogP contribution is 2.77. The van der Waals surface area contributed by atoms with Crippen molar-refractivity contribution in [3.63, 3.8) is 0 Å². The molecule has 0 amide bonds. The lowest BCUT2D eigenvalue weighted by molar-refractivity contribution is -0.235. The summed E-state index contributed by atoms with van der Waals surface area (Å²) >= 11 is 0. The molecule has 0 radical (unpaired) electrons. The van der Waals surface area contributed by atoms with Crippen LogP contribution in [0.15, 0.2) is 41.5 Å². The molecule has 4 saturated carbocycles. The second-order valence-corrected chi connectivity index (χ2v) is 19.3. The molecule has 0 bridgehead atoms. The zero-order valence-corrected chi connectivity index (χ0v) is 32.2. The van der Waals surface area contributed by atoms with E-state index in [1.165, 1.54) is 5.57 Å². The Balaban J connectivity index is 1.28. The number of para-hydroxylation sites is 1. The van der Waals surface area contributed by atoms with E-state index in [1.54, 1.807) is 13.8 Å². The highest BCUT2D eigenvalue weighted by atomic mass is 16.5. The average Bonchev–Trinajstić information content (AvgIpc) is 3.35. The number of hydrogen-bond acceptors (Lipinski definition) is 6. The fourth-order valence-corrected chi connectivity index (χ4v) is 12.9. The van der Waals surface area contributed by atoms with Crippen LogP contribution >= 0.6 is 0 Å². The van der Waals surface area contributed by atoms with Gasteiger partial charge in [-0.15, -0.1) is 0 Å². The van der Waals surface area contributed by atoms with Gasteiger partial charge in [-0.1, -0.05) is 72.2 Å². The van der Waals surface area contributed by atoms with Crippen LogP contribution in [0.3, 0.4) is 0 Å². The van der Waals surface area contributed by atoms with Crippen molar-refractivity contribution in [3.05, 3.63) is 41.5 Å². The lowest BCUT2D eigenvalue weighted by atomic mass is 9.33. The zero-order valence-electron chi connectivity index (χ0n) is 32.2. The second kappa shape index (κ2) is 12.5. The summed E-state index contributed by atoms with van der Waals surface area (Å²) in [6.07, 6.45) is 7.25. The standard InChI is InChI=1S/C43H63NO6/c1-26(2)35-29(45)23-43(32(46)25-44-27-13-11-10-12-14-27)22-21-41(8)28(36(35)43)15-16-31-40(7)19-18-33(50-34(47)24-38(3,4)37(48)49)39(5,6)30(40)17-20-42(31,41)9/h10-14,26,28,30-33,44,46H,15-25H2,1-9H3,(H,48,49)/t28-,30?,31?,32-,33+,40+,41-,42-,43+/m1/s1. The third-order valence-corrected chi connectivity index (χ3v) is 15.8. The van der Waals surface area contributed by atoms with E-state index < -0.39 is 28.9 Å². The number of carbonyl (C=O) groups excluding carboxylic acids is 2. The number of nitrogens with one attached hydrogen (secondary N) is 1. The van der Waals surface area contributed by atoms with E-state index in [1.807, 2.05) is 30.3 Å². The number of benzene rings is 1. The Morgan fingerprint density at radius 1 is 0.920 bits per heavy atom. The van der Waals surface area contributed by atoms with Gasteiger partial charge >= 0.3 is 11.9 Å². The largest absolute Gasteiger partial charge is 0.481 e. The topological polar surface area (TPSA) is 113 Å². The van der Waals surface area contributed by atoms with E-state index in [0.29, 0.717) is 24.8 Å². The molecule has 6 rings (SSSR count). The van der Waals surface area contributed by atoms with E-state index in [2.05, 4.69) is 53.8 Å². The van der Waals surface area contributed by atoms with E-state index in [-0.39, 0.29) is 51.8 Å². The van der Waals surface area contributed by atoms with Crippen LogP contribution in [0, 0.1) is 56.2 Å². The van der Waals surface area contributed by atoms with Crippen molar-refractivity contribution in [3.8, 4) is 0 Å². The number of aliphatic hydroxyl groups excluding tert-OH is 1. The fourth-order valence-electron chi connectivity index (χ4n) is 12.9. The van der Waals surface area contributed by atoms with Gasteiger partial charge in [0.05, 0.1) is 17.9 Å². The lowest BCUT2D eigenvalue weighted by Crippen LogP contribution is -2.66. The summed E-state index contributed by atoms with van der Waals surface area (Å²) in [5.41, 5.74) is 1.48. The quantitative estimate of drug-likeness (QED) is 0.222. The van der Waals surface area contributed by atoms with Crippen molar-refractivity contribution in [2.45, 2.75) is 139 Å². The zero-order chi connectivity index (χ0) is 36.7. The maximum atomic E-state index is 14.0. The van der Waals surface area contributed by atoms with E-state index in [0.717, 1.165) is 62.6 Å². The van der Waals surface area contributed by atoms with Crippen LogP contribution in [0.2, 0.25) is 0 Å². The van der Waals surface area contributed by atoms with Gasteiger partial charge < -0.3 is 20.3 Å². The van der Waals surface area contributed by atoms with Crippen LogP contribution in [0.1, 0.15) is 127 Å². The monoisotopic (exact) mass is 689 g/mol. The molecular weight excluding hydrogens is 626 g/mol. The molecule has 0 aliphatic heterocycles. The number of Topliss-reactive ketones (excluding diaryl/α,β-unsaturated/α-hetero) is 1. The highest BCUT2D eigenvalue weighted by molar-refractivity contribution is 6.00. The van der Waals surface area contributed by atoms with Crippen molar-refractivity contribution in [2.24, 2.45) is 56.2 Å². The van der Waals surface area contributed by atoms with Crippen molar-refractivity contribution < 1.29 is 29.3 Å². The molecule has 5 aliphatic carbocycles. The van der Waals surface area contributed by atoms with E-state index >= 15 is 0 Å². The molecule has 1 aromatic carbocycles. The van der Waals surface area contributed by atoms with Gasteiger partial charge in [0.15, 0.2) is 5.78 Å². The first kappa shape index (κ1) is 37.1. The molecule has 2 unspecified atom stereocenters. The van der Waals surface area contributed by atoms with Crippen molar-refractivity contribution >= 4 is 23.4 Å². The molecule has 7 heteroatoms. The number of ether oxygens (including phenoxy) is 1. The number of ketones is 1. The van der Waals surface area contributed by atoms with Gasteiger partial charge in [0, 0.05) is 29.5 Å². The van der Waals surface area contributed by atoms with Crippen LogP contribution in [0.5, 0.6) is 0 Å². The predicted molar refractivity (Wildman–Crippen MR) is 196 cm³/mol. The number of aliphatic carboxylic acids is 1. The first-order valence-corrected chi connectivity index (χ1v) is 19.4. The lowest BCUT2D eigenvalue weighted by Gasteiger charge is -2.72. The van der Waals surface area contributed by atoms with Gasteiger partial charge in [0.1, 0.15) is 6.10 Å². The van der Waals surface area contributed by atoms with Crippen LogP contribution < -0.4 is 5.32 Å². The summed E-state index contributed by atoms with van der Waals surface area (Å²) in [6.45, 7) is 20.1. The molecule has 0 aromatic heterocycles. The number of anilines is 1. The Bertz CT molecular complexity index is 1550. The van der Waals surface area contributed by atoms with Crippen LogP contribution in [-0.2, 0) is 19.1 Å². The molecule has 276 valence electrons. The Kier molecular flexibility index (Phi) is 9.26. The summed E-state index contributed by atoms with van der Waals surface area (Å²) in [7, 11) is 0. The molecule has 3 N–H and O–H groups in total. The number of carbonyl (C=O) groups is 3. The number of aliphatic hydroxyl groups is 1. The summed E-state index contributed by atoms with van der Waals surface area (Å²) in [4.78, 5) is 38.8. The summed E-state index contributed by atoms with van der Waals surface area (Å²) in [5, 5.41) is 25.2. The molecule has 9 atom stereocenters. The third-order valence-electron chi connectivity index (χ3n) is 15.8. The first-order valence-electron chi connectivity index (χ1n) is 19.4. The number of carboxylic acid groups (broad SMARTS) is 1. The number of rotatable bonds is 9. The Hall–Kier alpha value is -2.67. The average molecular weight is 690 g/mol. The minimum absolute atomic E-state index is 0.00403. The van der Waals surface area contributed by atoms with E-state index in [9.17, 15) is 24.6 Å². The molecule has 4 fully saturated rings. The number of fused-ring (bicyclic) bond motifs is 7. The molecular formula is C43H63NO6. The van der Waals surface area contributed by atoms with E-state index in [4.69, 9.17) is 4.74 Å². The smallest absolute Gasteiger partial charge is 0.309 e. The summed E-state index contributed by atoms with van der Waals surface area (Å²) in [5.74, 6) is 0.0818. The highest BCUT2D eigenvalue weighted by Gasteiger charge is 2.70. The minimum atomic E-state index is -1.16. The third kappa shape index (κ3) is 5.49. The van der Waals surface area contributed by atoms with Gasteiger partial charge in [-0.3, -0.25) is 14.4 Å². The van der Waals surface area contributed by atoms with Gasteiger partial charge in [0.2, 0.25) is 0 Å². The summed E-state index contributed by atoms with van der Waals surface area (Å²) in [6, 6.07) is 10.0. The molecule has 7 nitrogen and oxygen atoms in total. The normalized spacial score (nSPS) is 38.4. The molecule has 5 aliphatic rings. The van der Waals surface area contributed by atoms with Crippen molar-refractivity contribution in [1.82, 2.24) is 0 Å². The number of hydrogen-bond donors (Lipinski definition) is 3. The first-order chi connectivity index (χ1) is 23.2. The van der Waals surface area contributed by atoms with Crippen LogP contribution in [0.4, 0.5) is 5.69 Å². The molecule has 50 heavy (non-hydrogen) atoms. The van der Waals surface area contributed by atoms with Crippen LogP contribution in [0.25, 0.3) is 0 Å². The van der Waals surface area contributed by atoms with Gasteiger partial charge in [-0.25, -0.2) is 0 Å². The van der Waals surface area contributed by atoms with Gasteiger partial charge in [-0.2, -0.15) is 0 Å².